The van der Waals surface area contributed by atoms with Gasteiger partial charge < -0.3 is 44.2 Å². The summed E-state index contributed by atoms with van der Waals surface area (Å²) in [6, 6.07) is 1.71. The fourth-order valence-electron chi connectivity index (χ4n) is 5.09. The fourth-order valence-corrected chi connectivity index (χ4v) is 5.09. The van der Waals surface area contributed by atoms with Gasteiger partial charge in [-0.25, -0.2) is 4.79 Å². The second kappa shape index (κ2) is 8.19. The predicted molar refractivity (Wildman–Crippen MR) is 102 cm³/mol. The zero-order valence-electron chi connectivity index (χ0n) is 17.2. The molecular weight excluding hydrogens is 412 g/mol. The van der Waals surface area contributed by atoms with E-state index in [1.807, 2.05) is 6.92 Å². The summed E-state index contributed by atoms with van der Waals surface area (Å²) in [6.45, 7) is 3.14. The molecule has 1 aromatic rings. The molecule has 1 saturated heterocycles. The van der Waals surface area contributed by atoms with E-state index >= 15 is 0 Å². The molecule has 9 atom stereocenters. The topological polar surface area (TPSA) is 159 Å². The number of hydrogen-bond donors (Lipinski definition) is 5. The first-order valence-corrected chi connectivity index (χ1v) is 10.3. The van der Waals surface area contributed by atoms with Gasteiger partial charge >= 0.3 is 5.97 Å². The molecule has 0 aromatic carbocycles. The van der Waals surface area contributed by atoms with Gasteiger partial charge in [-0.2, -0.15) is 0 Å². The van der Waals surface area contributed by atoms with E-state index in [0.29, 0.717) is 24.0 Å². The highest BCUT2D eigenvalue weighted by molar-refractivity contribution is 5.88. The smallest absolute Gasteiger partial charge is 0.374 e. The molecule has 3 aliphatic rings. The van der Waals surface area contributed by atoms with E-state index in [1.165, 1.54) is 12.5 Å². The molecule has 0 amide bonds. The van der Waals surface area contributed by atoms with E-state index in [0.717, 1.165) is 0 Å². The Morgan fingerprint density at radius 2 is 1.97 bits per heavy atom. The molecule has 172 valence electrons. The molecule has 2 aliphatic heterocycles. The van der Waals surface area contributed by atoms with Crippen molar-refractivity contribution in [3.8, 4) is 0 Å². The summed E-state index contributed by atoms with van der Waals surface area (Å²) in [5.74, 6) is -1.75. The number of fused-ring (bicyclic) bond motifs is 1. The van der Waals surface area contributed by atoms with Crippen LogP contribution in [-0.4, -0.2) is 74.9 Å². The van der Waals surface area contributed by atoms with Crippen LogP contribution in [-0.2, 0) is 19.0 Å². The number of ether oxygens (including phenoxy) is 3. The molecular formula is C21H28O10. The molecule has 0 radical (unpaired) electrons. The number of rotatable bonds is 4. The van der Waals surface area contributed by atoms with Crippen LogP contribution in [0.4, 0.5) is 0 Å². The Labute approximate surface area is 178 Å². The third kappa shape index (κ3) is 3.57. The van der Waals surface area contributed by atoms with E-state index in [1.54, 1.807) is 13.0 Å². The quantitative estimate of drug-likeness (QED) is 0.412. The van der Waals surface area contributed by atoms with Gasteiger partial charge in [0.1, 0.15) is 30.5 Å². The summed E-state index contributed by atoms with van der Waals surface area (Å²) >= 11 is 0. The second-order valence-corrected chi connectivity index (χ2v) is 8.72. The minimum atomic E-state index is -1.55. The Hall–Kier alpha value is -1.95. The Balaban J connectivity index is 1.59. The first-order chi connectivity index (χ1) is 14.7. The van der Waals surface area contributed by atoms with Gasteiger partial charge in [0.15, 0.2) is 6.29 Å². The normalized spacial score (nSPS) is 43.5. The van der Waals surface area contributed by atoms with Crippen molar-refractivity contribution in [2.45, 2.75) is 69.6 Å². The number of aliphatic hydroxyl groups excluding tert-OH is 5. The number of carbonyl (C=O) groups excluding carboxylic acids is 1. The molecule has 3 heterocycles. The predicted octanol–water partition coefficient (Wildman–Crippen LogP) is 0.311. The maximum Gasteiger partial charge on any atom is 0.374 e. The SMILES string of the molecule is C[C@H]1C2=C(O)C(=O)O[C@@H](c3ccoc3)[C@]2(C)CC[C@H]1O[C@@H]1O[C@H](CO)[C@@H](O)[C@H](O)[C@H]1O. The second-order valence-electron chi connectivity index (χ2n) is 8.72. The van der Waals surface area contributed by atoms with Crippen molar-refractivity contribution in [1.29, 1.82) is 0 Å². The molecule has 0 unspecified atom stereocenters. The number of aliphatic hydroxyl groups is 5. The lowest BCUT2D eigenvalue weighted by Gasteiger charge is -2.50. The number of furan rings is 1. The lowest BCUT2D eigenvalue weighted by molar-refractivity contribution is -0.316. The molecule has 10 heteroatoms. The van der Waals surface area contributed by atoms with Gasteiger partial charge in [-0.3, -0.25) is 0 Å². The molecule has 5 N–H and O–H groups in total. The molecule has 1 aromatic heterocycles. The highest BCUT2D eigenvalue weighted by Crippen LogP contribution is 2.56. The lowest BCUT2D eigenvalue weighted by Crippen LogP contribution is -2.60. The summed E-state index contributed by atoms with van der Waals surface area (Å²) in [5.41, 5.74) is 0.466. The molecule has 0 spiro atoms. The van der Waals surface area contributed by atoms with Crippen LogP contribution in [0.25, 0.3) is 0 Å². The van der Waals surface area contributed by atoms with E-state index < -0.39 is 72.6 Å². The van der Waals surface area contributed by atoms with E-state index in [4.69, 9.17) is 18.6 Å². The van der Waals surface area contributed by atoms with Crippen LogP contribution in [0.5, 0.6) is 0 Å². The summed E-state index contributed by atoms with van der Waals surface area (Å²) in [4.78, 5) is 12.4. The first-order valence-electron chi connectivity index (χ1n) is 10.3. The number of cyclic esters (lactones) is 1. The number of esters is 1. The standard InChI is InChI=1S/C21H28O10/c1-9-11(29-20-17(26)16(25)14(23)12(7-22)30-20)3-5-21(2)13(9)15(24)19(27)31-18(21)10-4-6-28-8-10/h4,6,8-9,11-12,14,16-18,20,22-26H,3,5,7H2,1-2H3/t9-,11-,12-,14-,16+,17-,18+,20-,21-/m1/s1. The van der Waals surface area contributed by atoms with Gasteiger partial charge in [-0.1, -0.05) is 13.8 Å². The molecule has 10 nitrogen and oxygen atoms in total. The zero-order chi connectivity index (χ0) is 22.5. The Morgan fingerprint density at radius 3 is 2.61 bits per heavy atom. The molecule has 1 saturated carbocycles. The molecule has 1 aliphatic carbocycles. The van der Waals surface area contributed by atoms with Crippen LogP contribution in [0.1, 0.15) is 38.4 Å². The Bertz CT molecular complexity index is 833. The van der Waals surface area contributed by atoms with Crippen molar-refractivity contribution >= 4 is 5.97 Å². The van der Waals surface area contributed by atoms with Crippen LogP contribution in [0.2, 0.25) is 0 Å². The molecule has 4 rings (SSSR count). The maximum atomic E-state index is 12.4. The van der Waals surface area contributed by atoms with Crippen molar-refractivity contribution in [1.82, 2.24) is 0 Å². The van der Waals surface area contributed by atoms with Crippen molar-refractivity contribution < 1.29 is 49.0 Å². The van der Waals surface area contributed by atoms with Gasteiger partial charge in [-0.05, 0) is 24.5 Å². The van der Waals surface area contributed by atoms with Gasteiger partial charge in [0.25, 0.3) is 0 Å². The summed E-state index contributed by atoms with van der Waals surface area (Å²) in [5, 5.41) is 50.2. The van der Waals surface area contributed by atoms with E-state index in [2.05, 4.69) is 0 Å². The average Bonchev–Trinajstić information content (AvgIpc) is 3.27. The van der Waals surface area contributed by atoms with Crippen LogP contribution >= 0.6 is 0 Å². The van der Waals surface area contributed by atoms with Crippen LogP contribution in [0.3, 0.4) is 0 Å². The van der Waals surface area contributed by atoms with Crippen LogP contribution in [0, 0.1) is 11.3 Å². The minimum Gasteiger partial charge on any atom is -0.502 e. The Morgan fingerprint density at radius 1 is 1.23 bits per heavy atom. The van der Waals surface area contributed by atoms with Gasteiger partial charge in [0.2, 0.25) is 5.76 Å². The third-order valence-corrected chi connectivity index (χ3v) is 6.83. The summed E-state index contributed by atoms with van der Waals surface area (Å²) < 4.78 is 22.1. The third-order valence-electron chi connectivity index (χ3n) is 6.83. The first kappa shape index (κ1) is 22.3. The average molecular weight is 440 g/mol. The maximum absolute atomic E-state index is 12.4. The van der Waals surface area contributed by atoms with Crippen molar-refractivity contribution in [3.05, 3.63) is 35.5 Å². The van der Waals surface area contributed by atoms with Crippen molar-refractivity contribution in [3.63, 3.8) is 0 Å². The van der Waals surface area contributed by atoms with Crippen molar-refractivity contribution in [2.24, 2.45) is 11.3 Å². The van der Waals surface area contributed by atoms with Gasteiger partial charge in [-0.15, -0.1) is 0 Å². The molecule has 2 fully saturated rings. The van der Waals surface area contributed by atoms with Crippen LogP contribution in [0.15, 0.2) is 34.3 Å². The molecule has 31 heavy (non-hydrogen) atoms. The zero-order valence-corrected chi connectivity index (χ0v) is 17.2. The Kier molecular flexibility index (Phi) is 5.88. The largest absolute Gasteiger partial charge is 0.502 e. The monoisotopic (exact) mass is 440 g/mol. The summed E-state index contributed by atoms with van der Waals surface area (Å²) in [6.07, 6.45) is -4.20. The minimum absolute atomic E-state index is 0.451. The van der Waals surface area contributed by atoms with E-state index in [9.17, 15) is 30.3 Å². The van der Waals surface area contributed by atoms with Crippen LogP contribution < -0.4 is 0 Å². The summed E-state index contributed by atoms with van der Waals surface area (Å²) in [7, 11) is 0. The number of hydrogen-bond acceptors (Lipinski definition) is 10. The highest BCUT2D eigenvalue weighted by atomic mass is 16.7. The number of carbonyl (C=O) groups is 1. The fraction of sp³-hybridized carbons (Fsp3) is 0.667. The van der Waals surface area contributed by atoms with Crippen molar-refractivity contribution in [2.75, 3.05) is 6.61 Å². The molecule has 0 bridgehead atoms. The van der Waals surface area contributed by atoms with E-state index in [-0.39, 0.29) is 0 Å². The van der Waals surface area contributed by atoms with Gasteiger partial charge in [0, 0.05) is 16.9 Å². The highest BCUT2D eigenvalue weighted by Gasteiger charge is 2.55. The lowest BCUT2D eigenvalue weighted by atomic mass is 9.61. The van der Waals surface area contributed by atoms with Gasteiger partial charge in [0.05, 0.1) is 25.2 Å².